The molecule has 0 amide bonds. The summed E-state index contributed by atoms with van der Waals surface area (Å²) in [5.41, 5.74) is 4.75. The normalized spacial score (nSPS) is 11.3. The van der Waals surface area contributed by atoms with Gasteiger partial charge in [0.05, 0.1) is 6.61 Å². The van der Waals surface area contributed by atoms with Crippen molar-refractivity contribution in [2.75, 3.05) is 26.9 Å². The smallest absolute Gasteiger partial charge is 0.191 e. The number of aryl methyl sites for hydroxylation is 2. The molecule has 0 fully saturated rings. The van der Waals surface area contributed by atoms with Crippen LogP contribution in [0.1, 0.15) is 29.2 Å². The molecule has 0 spiro atoms. The lowest BCUT2D eigenvalue weighted by Gasteiger charge is -2.16. The minimum absolute atomic E-state index is 0.546. The zero-order chi connectivity index (χ0) is 19.5. The molecule has 0 aliphatic rings. The van der Waals surface area contributed by atoms with Crippen molar-refractivity contribution in [2.45, 2.75) is 33.9 Å². The lowest BCUT2D eigenvalue weighted by molar-refractivity contribution is 0.110. The van der Waals surface area contributed by atoms with E-state index in [1.165, 1.54) is 16.7 Å². The molecule has 0 bridgehead atoms. The van der Waals surface area contributed by atoms with Crippen molar-refractivity contribution in [3.8, 4) is 5.75 Å². The first kappa shape index (κ1) is 20.8. The number of guanidine groups is 1. The largest absolute Gasteiger partial charge is 0.491 e. The predicted octanol–water partition coefficient (Wildman–Crippen LogP) is 3.58. The summed E-state index contributed by atoms with van der Waals surface area (Å²) in [6, 6.07) is 14.7. The molecule has 5 nitrogen and oxygen atoms in total. The van der Waals surface area contributed by atoms with E-state index < -0.39 is 0 Å². The summed E-state index contributed by atoms with van der Waals surface area (Å²) in [4.78, 5) is 4.31. The second-order valence-electron chi connectivity index (χ2n) is 6.42. The van der Waals surface area contributed by atoms with Gasteiger partial charge in [0.25, 0.3) is 0 Å². The summed E-state index contributed by atoms with van der Waals surface area (Å²) in [6.45, 7) is 9.36. The Hall–Kier alpha value is -2.53. The van der Waals surface area contributed by atoms with E-state index in [0.29, 0.717) is 26.4 Å². The van der Waals surface area contributed by atoms with Gasteiger partial charge in [-0.2, -0.15) is 0 Å². The molecule has 2 N–H and O–H groups in total. The third kappa shape index (κ3) is 7.31. The van der Waals surface area contributed by atoms with Gasteiger partial charge in [0.1, 0.15) is 12.4 Å². The molecule has 0 saturated carbocycles. The van der Waals surface area contributed by atoms with Crippen LogP contribution in [0, 0.1) is 13.8 Å². The van der Waals surface area contributed by atoms with Gasteiger partial charge in [-0.15, -0.1) is 0 Å². The molecule has 0 aliphatic heterocycles. The maximum absolute atomic E-state index is 5.90. The van der Waals surface area contributed by atoms with Crippen LogP contribution in [0.4, 0.5) is 0 Å². The maximum atomic E-state index is 5.90. The van der Waals surface area contributed by atoms with Gasteiger partial charge in [-0.1, -0.05) is 42.0 Å². The van der Waals surface area contributed by atoms with Gasteiger partial charge < -0.3 is 20.1 Å². The Morgan fingerprint density at radius 1 is 0.963 bits per heavy atom. The zero-order valence-corrected chi connectivity index (χ0v) is 16.8. The van der Waals surface area contributed by atoms with Crippen molar-refractivity contribution >= 4 is 5.96 Å². The highest BCUT2D eigenvalue weighted by Gasteiger charge is 2.06. The number of nitrogens with zero attached hydrogens (tertiary/aromatic N) is 1. The topological polar surface area (TPSA) is 54.9 Å². The van der Waals surface area contributed by atoms with Crippen LogP contribution in [0.15, 0.2) is 47.5 Å². The number of hydrogen-bond donors (Lipinski definition) is 2. The average Bonchev–Trinajstić information content (AvgIpc) is 2.66. The summed E-state index contributed by atoms with van der Waals surface area (Å²) in [5, 5.41) is 6.71. The zero-order valence-electron chi connectivity index (χ0n) is 16.8. The standard InChI is InChI=1S/C22H31N3O2/c1-5-26-11-12-27-21-14-18(3)9-10-20(21)16-25-22(23-4)24-15-19-8-6-7-17(2)13-19/h6-10,13-14H,5,11-12,15-16H2,1-4H3,(H2,23,24,25). The summed E-state index contributed by atoms with van der Waals surface area (Å²) < 4.78 is 11.3. The number of hydrogen-bond acceptors (Lipinski definition) is 3. The molecule has 5 heteroatoms. The van der Waals surface area contributed by atoms with Crippen molar-refractivity contribution in [2.24, 2.45) is 4.99 Å². The van der Waals surface area contributed by atoms with E-state index >= 15 is 0 Å². The molecule has 27 heavy (non-hydrogen) atoms. The van der Waals surface area contributed by atoms with Crippen LogP contribution in [-0.4, -0.2) is 32.8 Å². The van der Waals surface area contributed by atoms with Gasteiger partial charge in [0.2, 0.25) is 0 Å². The van der Waals surface area contributed by atoms with Crippen molar-refractivity contribution in [3.05, 3.63) is 64.7 Å². The van der Waals surface area contributed by atoms with Gasteiger partial charge in [-0.25, -0.2) is 0 Å². The molecule has 146 valence electrons. The van der Waals surface area contributed by atoms with Gasteiger partial charge >= 0.3 is 0 Å². The second-order valence-corrected chi connectivity index (χ2v) is 6.42. The minimum Gasteiger partial charge on any atom is -0.491 e. The number of ether oxygens (including phenoxy) is 2. The molecular formula is C22H31N3O2. The molecule has 0 heterocycles. The first-order chi connectivity index (χ1) is 13.1. The molecular weight excluding hydrogens is 338 g/mol. The fourth-order valence-electron chi connectivity index (χ4n) is 2.70. The van der Waals surface area contributed by atoms with Crippen molar-refractivity contribution in [3.63, 3.8) is 0 Å². The fraction of sp³-hybridized carbons (Fsp3) is 0.409. The predicted molar refractivity (Wildman–Crippen MR) is 111 cm³/mol. The third-order valence-electron chi connectivity index (χ3n) is 4.12. The summed E-state index contributed by atoms with van der Waals surface area (Å²) in [7, 11) is 1.78. The molecule has 2 rings (SSSR count). The van der Waals surface area contributed by atoms with E-state index in [2.05, 4.69) is 71.9 Å². The van der Waals surface area contributed by atoms with Crippen LogP contribution in [0.2, 0.25) is 0 Å². The van der Waals surface area contributed by atoms with Crippen LogP contribution in [0.25, 0.3) is 0 Å². The molecule has 0 radical (unpaired) electrons. The summed E-state index contributed by atoms with van der Waals surface area (Å²) in [6.07, 6.45) is 0. The first-order valence-corrected chi connectivity index (χ1v) is 9.42. The van der Waals surface area contributed by atoms with Crippen LogP contribution >= 0.6 is 0 Å². The molecule has 0 atom stereocenters. The number of aliphatic imine (C=N–C) groups is 1. The Balaban J connectivity index is 1.91. The van der Waals surface area contributed by atoms with Crippen LogP contribution in [-0.2, 0) is 17.8 Å². The molecule has 0 saturated heterocycles. The Morgan fingerprint density at radius 3 is 2.48 bits per heavy atom. The van der Waals surface area contributed by atoms with E-state index in [1.54, 1.807) is 7.05 Å². The second kappa shape index (κ2) is 11.2. The highest BCUT2D eigenvalue weighted by atomic mass is 16.5. The Labute approximate surface area is 162 Å². The Kier molecular flexibility index (Phi) is 8.65. The Morgan fingerprint density at radius 2 is 1.74 bits per heavy atom. The van der Waals surface area contributed by atoms with Gasteiger partial charge in [0.15, 0.2) is 5.96 Å². The highest BCUT2D eigenvalue weighted by Crippen LogP contribution is 2.20. The Bertz CT molecular complexity index is 744. The van der Waals surface area contributed by atoms with Crippen LogP contribution in [0.5, 0.6) is 5.75 Å². The highest BCUT2D eigenvalue weighted by molar-refractivity contribution is 5.79. The average molecular weight is 370 g/mol. The van der Waals surface area contributed by atoms with Crippen molar-refractivity contribution < 1.29 is 9.47 Å². The van der Waals surface area contributed by atoms with E-state index in [1.807, 2.05) is 6.92 Å². The molecule has 0 aliphatic carbocycles. The van der Waals surface area contributed by atoms with E-state index in [-0.39, 0.29) is 0 Å². The van der Waals surface area contributed by atoms with Gasteiger partial charge in [-0.3, -0.25) is 4.99 Å². The lowest BCUT2D eigenvalue weighted by Crippen LogP contribution is -2.36. The molecule has 2 aromatic carbocycles. The van der Waals surface area contributed by atoms with Crippen molar-refractivity contribution in [1.29, 1.82) is 0 Å². The molecule has 2 aromatic rings. The van der Waals surface area contributed by atoms with E-state index in [0.717, 1.165) is 23.8 Å². The third-order valence-corrected chi connectivity index (χ3v) is 4.12. The fourth-order valence-corrected chi connectivity index (χ4v) is 2.70. The minimum atomic E-state index is 0.546. The summed E-state index contributed by atoms with van der Waals surface area (Å²) >= 11 is 0. The van der Waals surface area contributed by atoms with Crippen LogP contribution < -0.4 is 15.4 Å². The van der Waals surface area contributed by atoms with E-state index in [4.69, 9.17) is 9.47 Å². The van der Waals surface area contributed by atoms with Crippen molar-refractivity contribution in [1.82, 2.24) is 10.6 Å². The summed E-state index contributed by atoms with van der Waals surface area (Å²) in [5.74, 6) is 1.65. The van der Waals surface area contributed by atoms with Gasteiger partial charge in [0, 0.05) is 32.3 Å². The number of rotatable bonds is 9. The SMILES string of the molecule is CCOCCOc1cc(C)ccc1CNC(=NC)NCc1cccc(C)c1. The lowest BCUT2D eigenvalue weighted by atomic mass is 10.1. The maximum Gasteiger partial charge on any atom is 0.191 e. The number of benzene rings is 2. The van der Waals surface area contributed by atoms with E-state index in [9.17, 15) is 0 Å². The van der Waals surface area contributed by atoms with Crippen LogP contribution in [0.3, 0.4) is 0 Å². The monoisotopic (exact) mass is 369 g/mol. The quantitative estimate of drug-likeness (QED) is 0.403. The molecule has 0 unspecified atom stereocenters. The van der Waals surface area contributed by atoms with Gasteiger partial charge in [-0.05, 0) is 38.0 Å². The number of nitrogens with one attached hydrogen (secondary N) is 2. The molecule has 0 aromatic heterocycles. The first-order valence-electron chi connectivity index (χ1n) is 9.42.